The van der Waals surface area contributed by atoms with Crippen LogP contribution in [0, 0.1) is 17.1 Å². The molecule has 0 radical (unpaired) electrons. The number of cyclic esters (lactones) is 1. The maximum atomic E-state index is 14.4. The van der Waals surface area contributed by atoms with E-state index in [9.17, 15) is 14.0 Å². The smallest absolute Gasteiger partial charge is 0.414 e. The summed E-state index contributed by atoms with van der Waals surface area (Å²) in [6.07, 6.45) is 2.56. The highest BCUT2D eigenvalue weighted by Crippen LogP contribution is 2.25. The largest absolute Gasteiger partial charge is 0.442 e. The highest BCUT2D eigenvalue weighted by atomic mass is 19.1. The highest BCUT2D eigenvalue weighted by Gasteiger charge is 2.32. The standard InChI is InChI=1S/C16H13FN4O3/c17-14-5-12(21-9-13(7-19-10-22)24-16(21)23)1-2-15(14)20-4-3-11(6-18)8-20/h1-5,8,10,13H,7,9H2,(H,19,22)/t13-/m0/s1. The van der Waals surface area contributed by atoms with E-state index in [2.05, 4.69) is 5.32 Å². The fourth-order valence-corrected chi connectivity index (χ4v) is 2.50. The summed E-state index contributed by atoms with van der Waals surface area (Å²) in [4.78, 5) is 23.5. The fraction of sp³-hybridized carbons (Fsp3) is 0.188. The molecule has 1 aliphatic rings. The van der Waals surface area contributed by atoms with Crippen LogP contribution >= 0.6 is 0 Å². The molecule has 1 aromatic heterocycles. The number of nitriles is 1. The molecule has 2 aromatic rings. The summed E-state index contributed by atoms with van der Waals surface area (Å²) < 4.78 is 21.0. The van der Waals surface area contributed by atoms with Crippen molar-refractivity contribution >= 4 is 18.2 Å². The van der Waals surface area contributed by atoms with Crippen molar-refractivity contribution in [3.05, 3.63) is 48.0 Å². The second-order valence-corrected chi connectivity index (χ2v) is 5.20. The maximum absolute atomic E-state index is 14.4. The zero-order chi connectivity index (χ0) is 17.1. The molecule has 2 amide bonds. The Morgan fingerprint density at radius 2 is 2.29 bits per heavy atom. The molecule has 0 saturated carbocycles. The van der Waals surface area contributed by atoms with Gasteiger partial charge in [0.2, 0.25) is 6.41 Å². The second-order valence-electron chi connectivity index (χ2n) is 5.20. The van der Waals surface area contributed by atoms with Crippen molar-refractivity contribution in [1.82, 2.24) is 9.88 Å². The van der Waals surface area contributed by atoms with Crippen LogP contribution in [0.3, 0.4) is 0 Å². The van der Waals surface area contributed by atoms with Gasteiger partial charge in [0.15, 0.2) is 0 Å². The van der Waals surface area contributed by atoms with Crippen LogP contribution in [-0.4, -0.2) is 36.3 Å². The van der Waals surface area contributed by atoms with Crippen molar-refractivity contribution in [3.63, 3.8) is 0 Å². The number of amides is 2. The number of nitrogens with zero attached hydrogens (tertiary/aromatic N) is 3. The van der Waals surface area contributed by atoms with Crippen LogP contribution in [0.4, 0.5) is 14.9 Å². The molecule has 8 heteroatoms. The average Bonchev–Trinajstić information content (AvgIpc) is 3.19. The van der Waals surface area contributed by atoms with Gasteiger partial charge in [-0.3, -0.25) is 9.69 Å². The van der Waals surface area contributed by atoms with Gasteiger partial charge in [-0.15, -0.1) is 0 Å². The number of hydrogen-bond acceptors (Lipinski definition) is 4. The van der Waals surface area contributed by atoms with Crippen LogP contribution in [0.5, 0.6) is 0 Å². The summed E-state index contributed by atoms with van der Waals surface area (Å²) in [5, 5.41) is 11.3. The van der Waals surface area contributed by atoms with Crippen LogP contribution in [0.2, 0.25) is 0 Å². The van der Waals surface area contributed by atoms with Crippen molar-refractivity contribution in [2.45, 2.75) is 6.10 Å². The molecule has 1 aromatic carbocycles. The molecule has 3 rings (SSSR count). The lowest BCUT2D eigenvalue weighted by molar-refractivity contribution is -0.109. The third-order valence-corrected chi connectivity index (χ3v) is 3.65. The molecule has 0 unspecified atom stereocenters. The van der Waals surface area contributed by atoms with E-state index in [1.807, 2.05) is 6.07 Å². The summed E-state index contributed by atoms with van der Waals surface area (Å²) in [5.41, 5.74) is 1.06. The molecule has 1 aliphatic heterocycles. The van der Waals surface area contributed by atoms with Crippen LogP contribution in [-0.2, 0) is 9.53 Å². The number of halogens is 1. The SMILES string of the molecule is N#Cc1ccn(-c2ccc(N3C[C@H](CNC=O)OC3=O)cc2F)c1. The van der Waals surface area contributed by atoms with Crippen LogP contribution in [0.15, 0.2) is 36.7 Å². The van der Waals surface area contributed by atoms with Gasteiger partial charge in [0.1, 0.15) is 18.0 Å². The van der Waals surface area contributed by atoms with Gasteiger partial charge in [0.05, 0.1) is 30.0 Å². The van der Waals surface area contributed by atoms with Crippen molar-refractivity contribution in [3.8, 4) is 11.8 Å². The van der Waals surface area contributed by atoms with Gasteiger partial charge in [-0.05, 0) is 24.3 Å². The first-order valence-electron chi connectivity index (χ1n) is 7.15. The Morgan fingerprint density at radius 1 is 1.46 bits per heavy atom. The monoisotopic (exact) mass is 328 g/mol. The quantitative estimate of drug-likeness (QED) is 0.844. The summed E-state index contributed by atoms with van der Waals surface area (Å²) in [6, 6.07) is 7.91. The van der Waals surface area contributed by atoms with Gasteiger partial charge in [-0.2, -0.15) is 5.26 Å². The van der Waals surface area contributed by atoms with Crippen molar-refractivity contribution < 1.29 is 18.7 Å². The molecule has 1 atom stereocenters. The lowest BCUT2D eigenvalue weighted by atomic mass is 10.2. The van der Waals surface area contributed by atoms with E-state index in [-0.39, 0.29) is 18.8 Å². The van der Waals surface area contributed by atoms with E-state index >= 15 is 0 Å². The minimum atomic E-state index is -0.590. The Balaban J connectivity index is 1.81. The van der Waals surface area contributed by atoms with E-state index in [4.69, 9.17) is 10.00 Å². The number of anilines is 1. The molecule has 0 aliphatic carbocycles. The molecular weight excluding hydrogens is 315 g/mol. The number of ether oxygens (including phenoxy) is 1. The Morgan fingerprint density at radius 3 is 2.96 bits per heavy atom. The van der Waals surface area contributed by atoms with E-state index in [1.54, 1.807) is 18.3 Å². The number of hydrogen-bond donors (Lipinski definition) is 1. The van der Waals surface area contributed by atoms with Crippen LogP contribution in [0.25, 0.3) is 5.69 Å². The van der Waals surface area contributed by atoms with E-state index in [1.165, 1.54) is 27.8 Å². The number of aromatic nitrogens is 1. The van der Waals surface area contributed by atoms with Gasteiger partial charge < -0.3 is 14.6 Å². The minimum absolute atomic E-state index is 0.201. The Bertz CT molecular complexity index is 827. The molecule has 1 saturated heterocycles. The van der Waals surface area contributed by atoms with Gasteiger partial charge >= 0.3 is 6.09 Å². The lowest BCUT2D eigenvalue weighted by Crippen LogP contribution is -2.30. The third-order valence-electron chi connectivity index (χ3n) is 3.65. The minimum Gasteiger partial charge on any atom is -0.442 e. The summed E-state index contributed by atoms with van der Waals surface area (Å²) in [7, 11) is 0. The average molecular weight is 328 g/mol. The van der Waals surface area contributed by atoms with Crippen LogP contribution < -0.4 is 10.2 Å². The molecule has 122 valence electrons. The first-order chi connectivity index (χ1) is 11.6. The zero-order valence-electron chi connectivity index (χ0n) is 12.5. The second kappa shape index (κ2) is 6.42. The predicted octanol–water partition coefficient (Wildman–Crippen LogP) is 1.56. The number of nitrogens with one attached hydrogen (secondary N) is 1. The molecule has 0 bridgehead atoms. The van der Waals surface area contributed by atoms with Crippen molar-refractivity contribution in [2.75, 3.05) is 18.0 Å². The highest BCUT2D eigenvalue weighted by molar-refractivity contribution is 5.89. The zero-order valence-corrected chi connectivity index (χ0v) is 12.5. The van der Waals surface area contributed by atoms with Gasteiger partial charge in [0, 0.05) is 12.4 Å². The fourth-order valence-electron chi connectivity index (χ4n) is 2.50. The van der Waals surface area contributed by atoms with E-state index < -0.39 is 18.0 Å². The van der Waals surface area contributed by atoms with Gasteiger partial charge in [-0.1, -0.05) is 0 Å². The Labute approximate surface area is 136 Å². The van der Waals surface area contributed by atoms with Crippen molar-refractivity contribution in [1.29, 1.82) is 5.26 Å². The van der Waals surface area contributed by atoms with Gasteiger partial charge in [-0.25, -0.2) is 9.18 Å². The summed E-state index contributed by atoms with van der Waals surface area (Å²) >= 11 is 0. The first kappa shape index (κ1) is 15.6. The van der Waals surface area contributed by atoms with Gasteiger partial charge in [0.25, 0.3) is 0 Å². The van der Waals surface area contributed by atoms with E-state index in [0.29, 0.717) is 17.7 Å². The lowest BCUT2D eigenvalue weighted by Gasteiger charge is -2.14. The number of rotatable bonds is 5. The van der Waals surface area contributed by atoms with Crippen LogP contribution in [0.1, 0.15) is 5.56 Å². The summed E-state index contributed by atoms with van der Waals surface area (Å²) in [6.45, 7) is 0.424. The molecule has 2 heterocycles. The molecule has 1 fully saturated rings. The molecular formula is C16H13FN4O3. The maximum Gasteiger partial charge on any atom is 0.414 e. The molecule has 7 nitrogen and oxygen atoms in total. The molecule has 1 N–H and O–H groups in total. The van der Waals surface area contributed by atoms with E-state index in [0.717, 1.165) is 0 Å². The Kier molecular flexibility index (Phi) is 4.16. The normalized spacial score (nSPS) is 16.6. The number of benzene rings is 1. The first-order valence-corrected chi connectivity index (χ1v) is 7.15. The predicted molar refractivity (Wildman–Crippen MR) is 82.1 cm³/mol. The molecule has 24 heavy (non-hydrogen) atoms. The topological polar surface area (TPSA) is 87.4 Å². The number of carbonyl (C=O) groups excluding carboxylic acids is 2. The van der Waals surface area contributed by atoms with Crippen molar-refractivity contribution in [2.24, 2.45) is 0 Å². The molecule has 0 spiro atoms. The number of carbonyl (C=O) groups is 2. The Hall–Kier alpha value is -3.34. The third kappa shape index (κ3) is 2.92. The summed E-state index contributed by atoms with van der Waals surface area (Å²) in [5.74, 6) is -0.533.